The number of hydrogen-bond acceptors (Lipinski definition) is 4. The van der Waals surface area contributed by atoms with Gasteiger partial charge in [-0.05, 0) is 26.8 Å². The standard InChI is InChI=1S/C11H19N3O/c1-4-15-11(2,3)8-14-9-5-6-13-10(12)7-9/h5-7H,4,8H2,1-3H3,(H3,12,13,14). The van der Waals surface area contributed by atoms with Crippen molar-refractivity contribution in [2.45, 2.75) is 26.4 Å². The molecule has 4 nitrogen and oxygen atoms in total. The van der Waals surface area contributed by atoms with Gasteiger partial charge in [0.2, 0.25) is 0 Å². The van der Waals surface area contributed by atoms with Gasteiger partial charge in [0, 0.05) is 31.1 Å². The molecule has 0 bridgehead atoms. The summed E-state index contributed by atoms with van der Waals surface area (Å²) in [5, 5.41) is 3.27. The van der Waals surface area contributed by atoms with Crippen LogP contribution >= 0.6 is 0 Å². The molecular formula is C11H19N3O. The number of nitrogens with two attached hydrogens (primary N) is 1. The smallest absolute Gasteiger partial charge is 0.125 e. The maximum absolute atomic E-state index is 5.57. The van der Waals surface area contributed by atoms with Crippen molar-refractivity contribution in [1.82, 2.24) is 4.98 Å². The van der Waals surface area contributed by atoms with Crippen LogP contribution in [0.25, 0.3) is 0 Å². The zero-order valence-electron chi connectivity index (χ0n) is 9.58. The van der Waals surface area contributed by atoms with E-state index in [-0.39, 0.29) is 5.60 Å². The second kappa shape index (κ2) is 4.98. The predicted molar refractivity (Wildman–Crippen MR) is 62.8 cm³/mol. The number of nitrogen functional groups attached to an aromatic ring is 1. The lowest BCUT2D eigenvalue weighted by atomic mass is 10.1. The van der Waals surface area contributed by atoms with Crippen molar-refractivity contribution < 1.29 is 4.74 Å². The van der Waals surface area contributed by atoms with Crippen LogP contribution in [0.4, 0.5) is 11.5 Å². The molecule has 1 aromatic rings. The van der Waals surface area contributed by atoms with E-state index in [1.807, 2.05) is 32.9 Å². The lowest BCUT2D eigenvalue weighted by Crippen LogP contribution is -2.33. The van der Waals surface area contributed by atoms with E-state index >= 15 is 0 Å². The Morgan fingerprint density at radius 2 is 2.27 bits per heavy atom. The first-order valence-electron chi connectivity index (χ1n) is 5.13. The minimum Gasteiger partial charge on any atom is -0.384 e. The normalized spacial score (nSPS) is 11.4. The molecule has 3 N–H and O–H groups in total. The summed E-state index contributed by atoms with van der Waals surface area (Å²) in [5.41, 5.74) is 6.37. The highest BCUT2D eigenvalue weighted by Crippen LogP contribution is 2.13. The maximum atomic E-state index is 5.57. The number of pyridine rings is 1. The molecule has 0 fully saturated rings. The third kappa shape index (κ3) is 4.16. The Labute approximate surface area is 90.8 Å². The zero-order valence-corrected chi connectivity index (χ0v) is 9.58. The molecule has 1 heterocycles. The van der Waals surface area contributed by atoms with Crippen molar-refractivity contribution in [2.75, 3.05) is 24.2 Å². The molecule has 0 amide bonds. The molecule has 1 rings (SSSR count). The fraction of sp³-hybridized carbons (Fsp3) is 0.545. The summed E-state index contributed by atoms with van der Waals surface area (Å²) in [5.74, 6) is 0.522. The molecule has 84 valence electrons. The van der Waals surface area contributed by atoms with E-state index < -0.39 is 0 Å². The Kier molecular flexibility index (Phi) is 3.91. The topological polar surface area (TPSA) is 60.2 Å². The van der Waals surface area contributed by atoms with Gasteiger partial charge in [0.05, 0.1) is 5.60 Å². The van der Waals surface area contributed by atoms with Crippen LogP contribution < -0.4 is 11.1 Å². The SMILES string of the molecule is CCOC(C)(C)CNc1ccnc(N)c1. The molecular weight excluding hydrogens is 190 g/mol. The Balaban J connectivity index is 2.49. The van der Waals surface area contributed by atoms with E-state index in [0.717, 1.165) is 12.2 Å². The Bertz CT molecular complexity index is 312. The van der Waals surface area contributed by atoms with Crippen molar-refractivity contribution in [3.63, 3.8) is 0 Å². The average molecular weight is 209 g/mol. The van der Waals surface area contributed by atoms with Gasteiger partial charge in [-0.1, -0.05) is 0 Å². The zero-order chi connectivity index (χ0) is 11.3. The fourth-order valence-corrected chi connectivity index (χ4v) is 1.31. The van der Waals surface area contributed by atoms with E-state index in [1.54, 1.807) is 6.20 Å². The summed E-state index contributed by atoms with van der Waals surface area (Å²) in [7, 11) is 0. The van der Waals surface area contributed by atoms with Gasteiger partial charge >= 0.3 is 0 Å². The van der Waals surface area contributed by atoms with Crippen LogP contribution in [0.15, 0.2) is 18.3 Å². The van der Waals surface area contributed by atoms with E-state index in [2.05, 4.69) is 10.3 Å². The third-order valence-corrected chi connectivity index (χ3v) is 2.03. The van der Waals surface area contributed by atoms with Crippen LogP contribution in [0, 0.1) is 0 Å². The van der Waals surface area contributed by atoms with Crippen LogP contribution in [0.3, 0.4) is 0 Å². The molecule has 0 atom stereocenters. The van der Waals surface area contributed by atoms with Crippen LogP contribution in [0.1, 0.15) is 20.8 Å². The molecule has 0 aromatic carbocycles. The number of ether oxygens (including phenoxy) is 1. The monoisotopic (exact) mass is 209 g/mol. The van der Waals surface area contributed by atoms with Crippen molar-refractivity contribution in [3.8, 4) is 0 Å². The van der Waals surface area contributed by atoms with E-state index in [4.69, 9.17) is 10.5 Å². The van der Waals surface area contributed by atoms with E-state index in [1.165, 1.54) is 0 Å². The first kappa shape index (κ1) is 11.8. The highest BCUT2D eigenvalue weighted by atomic mass is 16.5. The van der Waals surface area contributed by atoms with Gasteiger partial charge in [-0.25, -0.2) is 4.98 Å². The molecule has 0 saturated carbocycles. The number of anilines is 2. The minimum absolute atomic E-state index is 0.174. The average Bonchev–Trinajstić information content (AvgIpc) is 2.15. The van der Waals surface area contributed by atoms with Crippen LogP contribution in [0.5, 0.6) is 0 Å². The molecule has 0 aliphatic heterocycles. The van der Waals surface area contributed by atoms with Crippen molar-refractivity contribution >= 4 is 11.5 Å². The summed E-state index contributed by atoms with van der Waals surface area (Å²) in [6, 6.07) is 3.69. The number of hydrogen-bond donors (Lipinski definition) is 2. The summed E-state index contributed by atoms with van der Waals surface area (Å²) in [4.78, 5) is 3.93. The van der Waals surface area contributed by atoms with Gasteiger partial charge in [0.25, 0.3) is 0 Å². The lowest BCUT2D eigenvalue weighted by Gasteiger charge is -2.25. The molecule has 0 aliphatic rings. The fourth-order valence-electron chi connectivity index (χ4n) is 1.31. The molecule has 4 heteroatoms. The molecule has 1 aromatic heterocycles. The van der Waals surface area contributed by atoms with Crippen LogP contribution in [-0.4, -0.2) is 23.7 Å². The highest BCUT2D eigenvalue weighted by Gasteiger charge is 2.16. The highest BCUT2D eigenvalue weighted by molar-refractivity contribution is 5.49. The Morgan fingerprint density at radius 3 is 2.87 bits per heavy atom. The molecule has 0 saturated heterocycles. The van der Waals surface area contributed by atoms with Gasteiger partial charge in [-0.15, -0.1) is 0 Å². The van der Waals surface area contributed by atoms with Crippen molar-refractivity contribution in [2.24, 2.45) is 0 Å². The van der Waals surface area contributed by atoms with Gasteiger partial charge < -0.3 is 15.8 Å². The molecule has 0 spiro atoms. The number of nitrogens with one attached hydrogen (secondary N) is 1. The van der Waals surface area contributed by atoms with Gasteiger partial charge in [0.15, 0.2) is 0 Å². The maximum Gasteiger partial charge on any atom is 0.125 e. The number of aromatic nitrogens is 1. The summed E-state index contributed by atoms with van der Waals surface area (Å²) in [6.07, 6.45) is 1.69. The second-order valence-corrected chi connectivity index (χ2v) is 4.02. The van der Waals surface area contributed by atoms with Crippen molar-refractivity contribution in [1.29, 1.82) is 0 Å². The first-order chi connectivity index (χ1) is 7.03. The number of nitrogens with zero attached hydrogens (tertiary/aromatic N) is 1. The van der Waals surface area contributed by atoms with Gasteiger partial charge in [-0.3, -0.25) is 0 Å². The first-order valence-corrected chi connectivity index (χ1v) is 5.13. The summed E-state index contributed by atoms with van der Waals surface area (Å²) < 4.78 is 5.57. The van der Waals surface area contributed by atoms with Gasteiger partial charge in [0.1, 0.15) is 5.82 Å². The Hall–Kier alpha value is -1.29. The van der Waals surface area contributed by atoms with E-state index in [9.17, 15) is 0 Å². The summed E-state index contributed by atoms with van der Waals surface area (Å²) >= 11 is 0. The lowest BCUT2D eigenvalue weighted by molar-refractivity contribution is 0.000698. The molecule has 0 aliphatic carbocycles. The predicted octanol–water partition coefficient (Wildman–Crippen LogP) is 1.89. The van der Waals surface area contributed by atoms with Crippen molar-refractivity contribution in [3.05, 3.63) is 18.3 Å². The molecule has 0 unspecified atom stereocenters. The molecule has 15 heavy (non-hydrogen) atoms. The number of rotatable bonds is 5. The second-order valence-electron chi connectivity index (χ2n) is 4.02. The third-order valence-electron chi connectivity index (χ3n) is 2.03. The quantitative estimate of drug-likeness (QED) is 0.777. The van der Waals surface area contributed by atoms with E-state index in [0.29, 0.717) is 12.4 Å². The summed E-state index contributed by atoms with van der Waals surface area (Å²) in [6.45, 7) is 7.55. The molecule has 0 radical (unpaired) electrons. The Morgan fingerprint density at radius 1 is 1.53 bits per heavy atom. The minimum atomic E-state index is -0.174. The van der Waals surface area contributed by atoms with Gasteiger partial charge in [-0.2, -0.15) is 0 Å². The van der Waals surface area contributed by atoms with Crippen LogP contribution in [-0.2, 0) is 4.74 Å². The van der Waals surface area contributed by atoms with Crippen LogP contribution in [0.2, 0.25) is 0 Å². The largest absolute Gasteiger partial charge is 0.384 e.